The first-order chi connectivity index (χ1) is 5.81. The van der Waals surface area contributed by atoms with Crippen LogP contribution in [0, 0.1) is 0 Å². The largest absolute Gasteiger partial charge is 0.396 e. The minimum absolute atomic E-state index is 0.0177. The van der Waals surface area contributed by atoms with Crippen molar-refractivity contribution < 1.29 is 14.9 Å². The average molecular weight is 176 g/mol. The van der Waals surface area contributed by atoms with Gasteiger partial charge in [-0.15, -0.1) is 0 Å². The zero-order valence-corrected chi connectivity index (χ0v) is 7.83. The minimum atomic E-state index is -0.781. The normalized spacial score (nSPS) is 13.2. The summed E-state index contributed by atoms with van der Waals surface area (Å²) in [4.78, 5) is 0. The summed E-state index contributed by atoms with van der Waals surface area (Å²) < 4.78 is 5.02. The van der Waals surface area contributed by atoms with Gasteiger partial charge in [0.05, 0.1) is 0 Å². The molecule has 1 unspecified atom stereocenters. The molecule has 0 spiro atoms. The summed E-state index contributed by atoms with van der Waals surface area (Å²) in [5.74, 6) is 0. The maximum atomic E-state index is 9.02. The van der Waals surface area contributed by atoms with Gasteiger partial charge in [0.1, 0.15) is 0 Å². The molecular formula is C9H20O3. The van der Waals surface area contributed by atoms with Gasteiger partial charge in [-0.3, -0.25) is 0 Å². The van der Waals surface area contributed by atoms with Crippen molar-refractivity contribution in [3.8, 4) is 0 Å². The van der Waals surface area contributed by atoms with E-state index in [4.69, 9.17) is 14.9 Å². The summed E-state index contributed by atoms with van der Waals surface area (Å²) in [6.45, 7) is 2.73. The second kappa shape index (κ2) is 8.97. The lowest BCUT2D eigenvalue weighted by molar-refractivity contribution is -0.109. The van der Waals surface area contributed by atoms with Gasteiger partial charge in [0.15, 0.2) is 6.29 Å². The highest BCUT2D eigenvalue weighted by molar-refractivity contribution is 4.42. The first-order valence-electron chi connectivity index (χ1n) is 4.71. The van der Waals surface area contributed by atoms with Crippen molar-refractivity contribution in [3.05, 3.63) is 0 Å². The van der Waals surface area contributed by atoms with E-state index in [-0.39, 0.29) is 6.61 Å². The van der Waals surface area contributed by atoms with E-state index >= 15 is 0 Å². The van der Waals surface area contributed by atoms with Crippen molar-refractivity contribution in [2.75, 3.05) is 13.2 Å². The van der Waals surface area contributed by atoms with Crippen LogP contribution in [0.25, 0.3) is 0 Å². The highest BCUT2D eigenvalue weighted by Crippen LogP contribution is 2.01. The van der Waals surface area contributed by atoms with Crippen molar-refractivity contribution in [2.45, 2.75) is 45.3 Å². The maximum Gasteiger partial charge on any atom is 0.156 e. The number of hydrogen-bond acceptors (Lipinski definition) is 3. The third-order valence-electron chi connectivity index (χ3n) is 1.68. The Morgan fingerprint density at radius 1 is 1.25 bits per heavy atom. The van der Waals surface area contributed by atoms with E-state index in [1.165, 1.54) is 12.8 Å². The first kappa shape index (κ1) is 11.9. The molecule has 2 N–H and O–H groups in total. The van der Waals surface area contributed by atoms with Crippen LogP contribution in [-0.2, 0) is 4.74 Å². The maximum absolute atomic E-state index is 9.02. The summed E-state index contributed by atoms with van der Waals surface area (Å²) in [6.07, 6.45) is 4.11. The van der Waals surface area contributed by atoms with Crippen LogP contribution in [0.1, 0.15) is 39.0 Å². The predicted octanol–water partition coefficient (Wildman–Crippen LogP) is 1.28. The monoisotopic (exact) mass is 176 g/mol. The zero-order chi connectivity index (χ0) is 9.23. The lowest BCUT2D eigenvalue weighted by Crippen LogP contribution is -2.14. The number of aliphatic hydroxyl groups is 2. The van der Waals surface area contributed by atoms with Crippen molar-refractivity contribution in [1.29, 1.82) is 0 Å². The van der Waals surface area contributed by atoms with Gasteiger partial charge >= 0.3 is 0 Å². The molecule has 0 rings (SSSR count). The van der Waals surface area contributed by atoms with Gasteiger partial charge in [0.25, 0.3) is 0 Å². The predicted molar refractivity (Wildman–Crippen MR) is 47.8 cm³/mol. The highest BCUT2D eigenvalue weighted by atomic mass is 16.6. The Morgan fingerprint density at radius 2 is 2.00 bits per heavy atom. The van der Waals surface area contributed by atoms with E-state index in [2.05, 4.69) is 6.92 Å². The molecule has 3 nitrogen and oxygen atoms in total. The average Bonchev–Trinajstić information content (AvgIpc) is 2.05. The van der Waals surface area contributed by atoms with Crippen molar-refractivity contribution in [3.63, 3.8) is 0 Å². The number of hydrogen-bond donors (Lipinski definition) is 2. The third-order valence-corrected chi connectivity index (χ3v) is 1.68. The number of ether oxygens (including phenoxy) is 1. The summed E-state index contributed by atoms with van der Waals surface area (Å²) in [7, 11) is 0. The van der Waals surface area contributed by atoms with Crippen molar-refractivity contribution in [2.24, 2.45) is 0 Å². The Balaban J connectivity index is 2.97. The Hall–Kier alpha value is -0.120. The molecular weight excluding hydrogens is 156 g/mol. The van der Waals surface area contributed by atoms with Gasteiger partial charge < -0.3 is 14.9 Å². The molecule has 0 amide bonds. The summed E-state index contributed by atoms with van der Waals surface area (Å²) in [6, 6.07) is 0. The van der Waals surface area contributed by atoms with E-state index in [1.54, 1.807) is 0 Å². The standard InChI is InChI=1S/C9H20O3/c1-2-3-4-5-8-12-9(11)6-7-10/h9-11H,2-8H2,1H3. The zero-order valence-electron chi connectivity index (χ0n) is 7.83. The van der Waals surface area contributed by atoms with Crippen molar-refractivity contribution in [1.82, 2.24) is 0 Å². The van der Waals surface area contributed by atoms with Crippen LogP contribution in [0.4, 0.5) is 0 Å². The van der Waals surface area contributed by atoms with Gasteiger partial charge in [-0.25, -0.2) is 0 Å². The molecule has 3 heteroatoms. The SMILES string of the molecule is CCCCCCOC(O)CCO. The topological polar surface area (TPSA) is 49.7 Å². The summed E-state index contributed by atoms with van der Waals surface area (Å²) in [5, 5.41) is 17.5. The molecule has 0 aliphatic heterocycles. The van der Waals surface area contributed by atoms with Crippen LogP contribution >= 0.6 is 0 Å². The highest BCUT2D eigenvalue weighted by Gasteiger charge is 2.01. The second-order valence-electron chi connectivity index (χ2n) is 2.90. The quantitative estimate of drug-likeness (QED) is 0.432. The Bertz CT molecular complexity index is 85.8. The van der Waals surface area contributed by atoms with Crippen LogP contribution in [0.3, 0.4) is 0 Å². The lowest BCUT2D eigenvalue weighted by atomic mass is 10.2. The lowest BCUT2D eigenvalue weighted by Gasteiger charge is -2.09. The van der Waals surface area contributed by atoms with Crippen LogP contribution in [0.2, 0.25) is 0 Å². The molecule has 0 heterocycles. The van der Waals surface area contributed by atoms with Gasteiger partial charge in [0.2, 0.25) is 0 Å². The van der Waals surface area contributed by atoms with Gasteiger partial charge in [-0.1, -0.05) is 26.2 Å². The summed E-state index contributed by atoms with van der Waals surface area (Å²) >= 11 is 0. The van der Waals surface area contributed by atoms with Gasteiger partial charge in [-0.05, 0) is 6.42 Å². The number of aliphatic hydroxyl groups excluding tert-OH is 2. The van der Waals surface area contributed by atoms with Gasteiger partial charge in [-0.2, -0.15) is 0 Å². The first-order valence-corrected chi connectivity index (χ1v) is 4.71. The molecule has 12 heavy (non-hydrogen) atoms. The molecule has 0 aliphatic carbocycles. The van der Waals surface area contributed by atoms with Crippen LogP contribution in [0.15, 0.2) is 0 Å². The molecule has 0 aromatic carbocycles. The molecule has 0 bridgehead atoms. The third kappa shape index (κ3) is 7.98. The fourth-order valence-corrected chi connectivity index (χ4v) is 0.942. The van der Waals surface area contributed by atoms with Crippen LogP contribution < -0.4 is 0 Å². The van der Waals surface area contributed by atoms with Crippen LogP contribution in [0.5, 0.6) is 0 Å². The minimum Gasteiger partial charge on any atom is -0.396 e. The van der Waals surface area contributed by atoms with Gasteiger partial charge in [0, 0.05) is 19.6 Å². The van der Waals surface area contributed by atoms with Crippen molar-refractivity contribution >= 4 is 0 Å². The molecule has 0 saturated heterocycles. The Labute approximate surface area is 74.4 Å². The molecule has 0 fully saturated rings. The smallest absolute Gasteiger partial charge is 0.156 e. The van der Waals surface area contributed by atoms with E-state index < -0.39 is 6.29 Å². The summed E-state index contributed by atoms with van der Waals surface area (Å²) in [5.41, 5.74) is 0. The molecule has 1 atom stereocenters. The van der Waals surface area contributed by atoms with E-state index in [9.17, 15) is 0 Å². The van der Waals surface area contributed by atoms with Crippen LogP contribution in [-0.4, -0.2) is 29.7 Å². The Morgan fingerprint density at radius 3 is 2.58 bits per heavy atom. The number of rotatable bonds is 8. The van der Waals surface area contributed by atoms with E-state index in [0.717, 1.165) is 12.8 Å². The molecule has 0 radical (unpaired) electrons. The fourth-order valence-electron chi connectivity index (χ4n) is 0.942. The Kier molecular flexibility index (Phi) is 8.88. The number of unbranched alkanes of at least 4 members (excludes halogenated alkanes) is 3. The van der Waals surface area contributed by atoms with E-state index in [0.29, 0.717) is 13.0 Å². The molecule has 74 valence electrons. The fraction of sp³-hybridized carbons (Fsp3) is 1.00. The molecule has 0 aliphatic rings. The molecule has 0 saturated carbocycles. The molecule has 0 aromatic rings. The van der Waals surface area contributed by atoms with E-state index in [1.807, 2.05) is 0 Å². The second-order valence-corrected chi connectivity index (χ2v) is 2.90. The molecule has 0 aromatic heterocycles.